The third-order valence-electron chi connectivity index (χ3n) is 4.71. The zero-order chi connectivity index (χ0) is 12.3. The first-order valence-corrected chi connectivity index (χ1v) is 7.01. The van der Waals surface area contributed by atoms with Gasteiger partial charge < -0.3 is 4.74 Å². The van der Waals surface area contributed by atoms with Crippen LogP contribution in [0, 0.1) is 17.3 Å². The van der Waals surface area contributed by atoms with E-state index in [0.717, 1.165) is 18.3 Å². The van der Waals surface area contributed by atoms with Crippen LogP contribution in [-0.2, 0) is 9.53 Å². The minimum atomic E-state index is 0.0191. The molecular formula is C15H24O2. The molecule has 0 heterocycles. The van der Waals surface area contributed by atoms with Crippen LogP contribution in [0.15, 0.2) is 12.7 Å². The van der Waals surface area contributed by atoms with Crippen molar-refractivity contribution in [3.8, 4) is 0 Å². The van der Waals surface area contributed by atoms with Crippen molar-refractivity contribution in [1.82, 2.24) is 0 Å². The van der Waals surface area contributed by atoms with E-state index in [1.54, 1.807) is 0 Å². The number of hydrogen-bond donors (Lipinski definition) is 0. The maximum atomic E-state index is 11.7. The summed E-state index contributed by atoms with van der Waals surface area (Å²) < 4.78 is 5.11. The quantitative estimate of drug-likeness (QED) is 0.382. The fourth-order valence-electron chi connectivity index (χ4n) is 3.98. The third kappa shape index (κ3) is 2.41. The molecule has 96 valence electrons. The van der Waals surface area contributed by atoms with Gasteiger partial charge in [0, 0.05) is 0 Å². The molecule has 2 rings (SSSR count). The lowest BCUT2D eigenvalue weighted by molar-refractivity contribution is -0.144. The first kappa shape index (κ1) is 12.7. The number of unbranched alkanes of at least 4 members (excludes halogenated alkanes) is 1. The van der Waals surface area contributed by atoms with Crippen molar-refractivity contribution < 1.29 is 9.53 Å². The second-order valence-electron chi connectivity index (χ2n) is 5.54. The molecule has 0 bridgehead atoms. The van der Waals surface area contributed by atoms with Crippen molar-refractivity contribution in [3.05, 3.63) is 12.7 Å². The van der Waals surface area contributed by atoms with E-state index < -0.39 is 0 Å². The molecule has 2 nitrogen and oxygen atoms in total. The molecular weight excluding hydrogens is 212 g/mol. The van der Waals surface area contributed by atoms with Crippen LogP contribution in [0.4, 0.5) is 0 Å². The van der Waals surface area contributed by atoms with Crippen molar-refractivity contribution in [2.24, 2.45) is 17.3 Å². The molecule has 2 saturated carbocycles. The van der Waals surface area contributed by atoms with Gasteiger partial charge in [-0.2, -0.15) is 0 Å². The van der Waals surface area contributed by atoms with E-state index in [2.05, 4.69) is 6.58 Å². The molecule has 0 aromatic rings. The number of fused-ring (bicyclic) bond motifs is 1. The number of carbonyl (C=O) groups excluding carboxylic acids is 1. The molecule has 0 aromatic heterocycles. The lowest BCUT2D eigenvalue weighted by Gasteiger charge is -2.14. The minimum Gasteiger partial charge on any atom is -0.466 e. The maximum Gasteiger partial charge on any atom is 0.306 e. The fraction of sp³-hybridized carbons (Fsp3) is 0.800. The minimum absolute atomic E-state index is 0.0191. The van der Waals surface area contributed by atoms with Gasteiger partial charge in [-0.3, -0.25) is 4.79 Å². The summed E-state index contributed by atoms with van der Waals surface area (Å²) in [5, 5.41) is 0. The molecule has 2 aliphatic carbocycles. The van der Waals surface area contributed by atoms with Gasteiger partial charge in [-0.15, -0.1) is 6.58 Å². The molecule has 0 radical (unpaired) electrons. The normalized spacial score (nSPS) is 34.2. The Labute approximate surface area is 104 Å². The van der Waals surface area contributed by atoms with Crippen LogP contribution >= 0.6 is 0 Å². The molecule has 17 heavy (non-hydrogen) atoms. The lowest BCUT2D eigenvalue weighted by atomic mass is 9.93. The Morgan fingerprint density at radius 1 is 1.59 bits per heavy atom. The summed E-state index contributed by atoms with van der Waals surface area (Å²) in [6, 6.07) is 0. The molecule has 0 amide bonds. The summed E-state index contributed by atoms with van der Waals surface area (Å²) in [5.41, 5.74) is 0.341. The molecule has 0 saturated heterocycles. The number of hydrogen-bond acceptors (Lipinski definition) is 2. The summed E-state index contributed by atoms with van der Waals surface area (Å²) in [4.78, 5) is 11.7. The van der Waals surface area contributed by atoms with Crippen molar-refractivity contribution in [3.63, 3.8) is 0 Å². The standard InChI is InChI=1S/C15H24O2/c1-3-5-6-8-12-13-9-7-10-15(12,13)11-14(16)17-4-2/h3,12-13H,1,4-11H2,2H3. The largest absolute Gasteiger partial charge is 0.466 e. The number of allylic oxidation sites excluding steroid dienone is 1. The van der Waals surface area contributed by atoms with Gasteiger partial charge in [-0.05, 0) is 56.3 Å². The number of esters is 1. The van der Waals surface area contributed by atoms with E-state index in [0.29, 0.717) is 18.4 Å². The van der Waals surface area contributed by atoms with E-state index in [-0.39, 0.29) is 5.97 Å². The zero-order valence-corrected chi connectivity index (χ0v) is 10.9. The molecule has 2 heteroatoms. The Hall–Kier alpha value is -0.790. The third-order valence-corrected chi connectivity index (χ3v) is 4.71. The highest BCUT2D eigenvalue weighted by molar-refractivity contribution is 5.71. The van der Waals surface area contributed by atoms with Crippen LogP contribution < -0.4 is 0 Å². The highest BCUT2D eigenvalue weighted by atomic mass is 16.5. The highest BCUT2D eigenvalue weighted by Gasteiger charge is 2.65. The summed E-state index contributed by atoms with van der Waals surface area (Å²) in [7, 11) is 0. The first-order chi connectivity index (χ1) is 8.24. The van der Waals surface area contributed by atoms with Crippen molar-refractivity contribution >= 4 is 5.97 Å². The Balaban J connectivity index is 1.85. The molecule has 0 aromatic carbocycles. The van der Waals surface area contributed by atoms with Crippen molar-refractivity contribution in [2.45, 2.75) is 51.9 Å². The predicted octanol–water partition coefficient (Wildman–Crippen LogP) is 3.71. The second kappa shape index (κ2) is 5.24. The van der Waals surface area contributed by atoms with Gasteiger partial charge in [0.15, 0.2) is 0 Å². The molecule has 0 spiro atoms. The molecule has 0 aliphatic heterocycles. The Morgan fingerprint density at radius 2 is 2.41 bits per heavy atom. The van der Waals surface area contributed by atoms with Gasteiger partial charge in [0.25, 0.3) is 0 Å². The van der Waals surface area contributed by atoms with Crippen LogP contribution in [0.5, 0.6) is 0 Å². The second-order valence-corrected chi connectivity index (χ2v) is 5.54. The summed E-state index contributed by atoms with van der Waals surface area (Å²) >= 11 is 0. The Kier molecular flexibility index (Phi) is 3.90. The molecule has 3 unspecified atom stereocenters. The zero-order valence-electron chi connectivity index (χ0n) is 10.9. The first-order valence-electron chi connectivity index (χ1n) is 7.01. The van der Waals surface area contributed by atoms with Gasteiger partial charge in [-0.1, -0.05) is 12.5 Å². The van der Waals surface area contributed by atoms with Gasteiger partial charge in [0.1, 0.15) is 0 Å². The number of rotatable bonds is 7. The van der Waals surface area contributed by atoms with Gasteiger partial charge in [0.05, 0.1) is 13.0 Å². The van der Waals surface area contributed by atoms with E-state index in [1.807, 2.05) is 13.0 Å². The van der Waals surface area contributed by atoms with Gasteiger partial charge in [0.2, 0.25) is 0 Å². The van der Waals surface area contributed by atoms with Crippen LogP contribution in [0.1, 0.15) is 51.9 Å². The van der Waals surface area contributed by atoms with Crippen LogP contribution in [0.25, 0.3) is 0 Å². The molecule has 2 aliphatic rings. The van der Waals surface area contributed by atoms with Crippen molar-refractivity contribution in [2.75, 3.05) is 6.61 Å². The van der Waals surface area contributed by atoms with Gasteiger partial charge >= 0.3 is 5.97 Å². The monoisotopic (exact) mass is 236 g/mol. The summed E-state index contributed by atoms with van der Waals surface area (Å²) in [6.45, 7) is 6.17. The predicted molar refractivity (Wildman–Crippen MR) is 68.6 cm³/mol. The Bertz CT molecular complexity index is 297. The average molecular weight is 236 g/mol. The van der Waals surface area contributed by atoms with Gasteiger partial charge in [-0.25, -0.2) is 0 Å². The summed E-state index contributed by atoms with van der Waals surface area (Å²) in [6.07, 6.45) is 10.2. The van der Waals surface area contributed by atoms with E-state index >= 15 is 0 Å². The van der Waals surface area contributed by atoms with Crippen LogP contribution in [0.3, 0.4) is 0 Å². The number of carbonyl (C=O) groups is 1. The van der Waals surface area contributed by atoms with E-state index in [4.69, 9.17) is 4.74 Å². The van der Waals surface area contributed by atoms with E-state index in [1.165, 1.54) is 32.1 Å². The smallest absolute Gasteiger partial charge is 0.306 e. The SMILES string of the molecule is C=CCCCC1C2CCCC12CC(=O)OCC. The fourth-order valence-corrected chi connectivity index (χ4v) is 3.98. The lowest BCUT2D eigenvalue weighted by Crippen LogP contribution is -2.14. The van der Waals surface area contributed by atoms with Crippen LogP contribution in [-0.4, -0.2) is 12.6 Å². The average Bonchev–Trinajstić information content (AvgIpc) is 2.68. The van der Waals surface area contributed by atoms with E-state index in [9.17, 15) is 4.79 Å². The molecule has 0 N–H and O–H groups in total. The molecule has 3 atom stereocenters. The van der Waals surface area contributed by atoms with Crippen LogP contribution in [0.2, 0.25) is 0 Å². The maximum absolute atomic E-state index is 11.7. The highest BCUT2D eigenvalue weighted by Crippen LogP contribution is 2.71. The topological polar surface area (TPSA) is 26.3 Å². The molecule has 2 fully saturated rings. The number of ether oxygens (including phenoxy) is 1. The Morgan fingerprint density at radius 3 is 3.12 bits per heavy atom. The van der Waals surface area contributed by atoms with Crippen molar-refractivity contribution in [1.29, 1.82) is 0 Å². The summed E-state index contributed by atoms with van der Waals surface area (Å²) in [5.74, 6) is 1.63.